The zero-order valence-corrected chi connectivity index (χ0v) is 23.1. The first kappa shape index (κ1) is 25.3. The molecule has 1 saturated heterocycles. The Morgan fingerprint density at radius 3 is 2.47 bits per heavy atom. The van der Waals surface area contributed by atoms with Gasteiger partial charge >= 0.3 is 0 Å². The third-order valence-corrected chi connectivity index (χ3v) is 11.7. The molecule has 7 aliphatic rings. The second-order valence-corrected chi connectivity index (χ2v) is 13.9. The minimum atomic E-state index is -2.95. The topological polar surface area (TPSA) is 59.1 Å². The highest BCUT2D eigenvalue weighted by Crippen LogP contribution is 2.76. The molecule has 2 aliphatic heterocycles. The molecule has 38 heavy (non-hydrogen) atoms. The molecule has 4 atom stereocenters. The van der Waals surface area contributed by atoms with Gasteiger partial charge < -0.3 is 16.0 Å². The Bertz CT molecular complexity index is 1130. The van der Waals surface area contributed by atoms with Gasteiger partial charge in [0.2, 0.25) is 0 Å². The fourth-order valence-corrected chi connectivity index (χ4v) is 9.63. The van der Waals surface area contributed by atoms with Gasteiger partial charge in [-0.25, -0.2) is 0 Å². The summed E-state index contributed by atoms with van der Waals surface area (Å²) in [5.41, 5.74) is 12.7. The maximum Gasteiger partial charge on any atom is 0.283 e. The molecule has 1 aromatic rings. The third kappa shape index (κ3) is 3.49. The summed E-state index contributed by atoms with van der Waals surface area (Å²) < 4.78 is 31.8. The molecule has 0 amide bonds. The van der Waals surface area contributed by atoms with Crippen LogP contribution in [0.5, 0.6) is 0 Å². The van der Waals surface area contributed by atoms with E-state index in [1.54, 1.807) is 0 Å². The van der Waals surface area contributed by atoms with Crippen LogP contribution in [0.15, 0.2) is 24.4 Å². The van der Waals surface area contributed by atoms with Crippen molar-refractivity contribution < 1.29 is 8.78 Å². The number of nitrogens with two attached hydrogens (primary N) is 1. The Labute approximate surface area is 226 Å². The van der Waals surface area contributed by atoms with Crippen LogP contribution in [0.3, 0.4) is 0 Å². The van der Waals surface area contributed by atoms with Crippen molar-refractivity contribution in [3.8, 4) is 0 Å². The zero-order chi connectivity index (χ0) is 26.4. The molecular weight excluding hydrogens is 480 g/mol. The van der Waals surface area contributed by atoms with Crippen LogP contribution >= 0.6 is 0 Å². The van der Waals surface area contributed by atoms with E-state index >= 15 is 0 Å². The van der Waals surface area contributed by atoms with Crippen molar-refractivity contribution >= 4 is 0 Å². The van der Waals surface area contributed by atoms with Crippen molar-refractivity contribution in [2.75, 3.05) is 13.1 Å². The number of rotatable bonds is 6. The molecule has 0 aromatic carbocycles. The predicted octanol–water partition coefficient (Wildman–Crippen LogP) is 5.61. The average Bonchev–Trinajstić information content (AvgIpc) is 3.43. The summed E-state index contributed by atoms with van der Waals surface area (Å²) in [5.74, 6) is -2.03. The lowest BCUT2D eigenvalue weighted by Crippen LogP contribution is -2.70. The summed E-state index contributed by atoms with van der Waals surface area (Å²) in [6.07, 6.45) is 15.5. The minimum absolute atomic E-state index is 0.0423. The molecule has 0 radical (unpaired) electrons. The van der Waals surface area contributed by atoms with Gasteiger partial charge in [-0.05, 0) is 81.6 Å². The number of aromatic nitrogens is 2. The van der Waals surface area contributed by atoms with Gasteiger partial charge in [-0.3, -0.25) is 4.68 Å². The molecule has 4 saturated carbocycles. The Morgan fingerprint density at radius 1 is 1.08 bits per heavy atom. The summed E-state index contributed by atoms with van der Waals surface area (Å²) in [4.78, 5) is 2.48. The van der Waals surface area contributed by atoms with E-state index in [4.69, 9.17) is 10.8 Å². The molecule has 7 heteroatoms. The normalized spacial score (nSPS) is 38.7. The molecule has 0 spiro atoms. The molecule has 3 heterocycles. The number of halogens is 2. The number of nitrogens with zero attached hydrogens (tertiary/aromatic N) is 3. The van der Waals surface area contributed by atoms with Gasteiger partial charge in [-0.2, -0.15) is 13.9 Å². The van der Waals surface area contributed by atoms with Crippen LogP contribution < -0.4 is 11.1 Å². The number of aryl methyl sites for hydroxylation is 1. The van der Waals surface area contributed by atoms with Crippen LogP contribution in [-0.4, -0.2) is 45.8 Å². The summed E-state index contributed by atoms with van der Waals surface area (Å²) in [5, 5.41) is 8.48. The molecule has 5 fully saturated rings. The fraction of sp³-hybridized carbons (Fsp3) is 0.774. The molecule has 3 N–H and O–H groups in total. The number of hydrogen-bond donors (Lipinski definition) is 2. The smallest absolute Gasteiger partial charge is 0.283 e. The second-order valence-electron chi connectivity index (χ2n) is 13.9. The van der Waals surface area contributed by atoms with E-state index in [2.05, 4.69) is 28.1 Å². The maximum absolute atomic E-state index is 14.7. The highest BCUT2D eigenvalue weighted by molar-refractivity contribution is 5.38. The maximum atomic E-state index is 14.7. The Hall–Kier alpha value is -1.73. The van der Waals surface area contributed by atoms with Crippen LogP contribution in [0.2, 0.25) is 0 Å². The fourth-order valence-electron chi connectivity index (χ4n) is 9.63. The summed E-state index contributed by atoms with van der Waals surface area (Å²) in [6.45, 7) is 10.8. The van der Waals surface area contributed by atoms with Crippen LogP contribution in [0.4, 0.5) is 8.78 Å². The Morgan fingerprint density at radius 2 is 1.79 bits per heavy atom. The summed E-state index contributed by atoms with van der Waals surface area (Å²) >= 11 is 0. The monoisotopic (exact) mass is 525 g/mol. The molecule has 8 rings (SSSR count). The van der Waals surface area contributed by atoms with Gasteiger partial charge in [0.15, 0.2) is 0 Å². The third-order valence-electron chi connectivity index (χ3n) is 11.7. The molecule has 4 unspecified atom stereocenters. The van der Waals surface area contributed by atoms with E-state index in [0.29, 0.717) is 12.0 Å². The highest BCUT2D eigenvalue weighted by Gasteiger charge is 2.72. The lowest BCUT2D eigenvalue weighted by Gasteiger charge is -2.73. The van der Waals surface area contributed by atoms with E-state index in [1.165, 1.54) is 81.7 Å². The van der Waals surface area contributed by atoms with Gasteiger partial charge in [0.1, 0.15) is 0 Å². The molecule has 5 aliphatic carbocycles. The van der Waals surface area contributed by atoms with E-state index in [1.807, 2.05) is 0 Å². The SMILES string of the molecule is C=C(C1CNC(C(F)(F)C(=C)C)CC1N)N1CCc2c3c(nn2C24CC(C5CCCC5)(C2)C4)CCCCC31. The van der Waals surface area contributed by atoms with Crippen molar-refractivity contribution in [2.45, 2.75) is 120 Å². The van der Waals surface area contributed by atoms with Gasteiger partial charge in [-0.1, -0.05) is 32.4 Å². The van der Waals surface area contributed by atoms with Crippen molar-refractivity contribution in [3.63, 3.8) is 0 Å². The largest absolute Gasteiger partial charge is 0.367 e. The lowest BCUT2D eigenvalue weighted by atomic mass is 9.35. The van der Waals surface area contributed by atoms with Gasteiger partial charge in [0.05, 0.1) is 23.3 Å². The first-order valence-electron chi connectivity index (χ1n) is 15.2. The first-order valence-corrected chi connectivity index (χ1v) is 15.2. The highest BCUT2D eigenvalue weighted by atomic mass is 19.3. The Balaban J connectivity index is 1.11. The van der Waals surface area contributed by atoms with E-state index in [9.17, 15) is 8.78 Å². The summed E-state index contributed by atoms with van der Waals surface area (Å²) in [6, 6.07) is -1.02. The second kappa shape index (κ2) is 8.63. The number of hydrogen-bond acceptors (Lipinski definition) is 4. The van der Waals surface area contributed by atoms with E-state index in [0.717, 1.165) is 37.4 Å². The van der Waals surface area contributed by atoms with Crippen molar-refractivity contribution in [1.29, 1.82) is 0 Å². The zero-order valence-electron chi connectivity index (χ0n) is 23.1. The van der Waals surface area contributed by atoms with Crippen LogP contribution in [0.25, 0.3) is 0 Å². The average molecular weight is 526 g/mol. The number of piperidine rings is 1. The molecule has 5 nitrogen and oxygen atoms in total. The summed E-state index contributed by atoms with van der Waals surface area (Å²) in [7, 11) is 0. The lowest BCUT2D eigenvalue weighted by molar-refractivity contribution is -0.225. The standard InChI is InChI=1S/C31H45F2N5/c1-19(2)31(32,33)27-14-23(34)22(15-35-27)20(3)37-13-12-26-28-24(10-6-7-11-25(28)37)36-38(26)30-16-29(17-30,18-30)21-8-4-5-9-21/h21-23,25,27,35H,1,3-18,34H2,2H3. The number of alkyl halides is 2. The van der Waals surface area contributed by atoms with E-state index in [-0.39, 0.29) is 35.5 Å². The number of nitrogens with one attached hydrogen (secondary N) is 1. The van der Waals surface area contributed by atoms with Gasteiger partial charge in [0, 0.05) is 48.4 Å². The molecule has 2 bridgehead atoms. The van der Waals surface area contributed by atoms with Crippen LogP contribution in [0, 0.1) is 17.3 Å². The first-order chi connectivity index (χ1) is 18.2. The quantitative estimate of drug-likeness (QED) is 0.474. The van der Waals surface area contributed by atoms with Crippen LogP contribution in [0.1, 0.15) is 101 Å². The predicted molar refractivity (Wildman–Crippen MR) is 146 cm³/mol. The molecule has 1 aromatic heterocycles. The van der Waals surface area contributed by atoms with Crippen molar-refractivity contribution in [1.82, 2.24) is 20.0 Å². The van der Waals surface area contributed by atoms with Crippen molar-refractivity contribution in [3.05, 3.63) is 41.4 Å². The van der Waals surface area contributed by atoms with Crippen LogP contribution in [-0.2, 0) is 18.4 Å². The molecular formula is C31H45F2N5. The van der Waals surface area contributed by atoms with Gasteiger partial charge in [-0.15, -0.1) is 0 Å². The Kier molecular flexibility index (Phi) is 5.74. The van der Waals surface area contributed by atoms with Gasteiger partial charge in [0.25, 0.3) is 5.92 Å². The minimum Gasteiger partial charge on any atom is -0.367 e. The van der Waals surface area contributed by atoms with Crippen molar-refractivity contribution in [2.24, 2.45) is 23.0 Å². The van der Waals surface area contributed by atoms with E-state index < -0.39 is 12.0 Å². The molecule has 208 valence electrons.